The third kappa shape index (κ3) is 5.75. The number of rotatable bonds is 7. The standard InChI is InChI=1S/C24H29NO5/c1-16-9-14-22(28-3)21(15-16)25-23(26)18-10-12-20(13-11-18)29-17(2)24(27)30-19-7-5-4-6-8-19/h9-15,17,19H,4-8H2,1-3H3,(H,25,26). The van der Waals surface area contributed by atoms with Crippen LogP contribution in [0, 0.1) is 6.92 Å². The van der Waals surface area contributed by atoms with E-state index in [0.29, 0.717) is 22.7 Å². The molecule has 1 aliphatic carbocycles. The molecule has 1 N–H and O–H groups in total. The van der Waals surface area contributed by atoms with E-state index < -0.39 is 6.10 Å². The van der Waals surface area contributed by atoms with Crippen LogP contribution in [0.1, 0.15) is 54.9 Å². The summed E-state index contributed by atoms with van der Waals surface area (Å²) in [6.07, 6.45) is 4.56. The van der Waals surface area contributed by atoms with Crippen LogP contribution in [0.4, 0.5) is 5.69 Å². The van der Waals surface area contributed by atoms with Gasteiger partial charge in [0.25, 0.3) is 5.91 Å². The molecule has 1 amide bonds. The van der Waals surface area contributed by atoms with Gasteiger partial charge in [-0.15, -0.1) is 0 Å². The summed E-state index contributed by atoms with van der Waals surface area (Å²) in [7, 11) is 1.56. The molecule has 0 heterocycles. The first kappa shape index (κ1) is 21.7. The number of anilines is 1. The Balaban J connectivity index is 1.57. The number of methoxy groups -OCH3 is 1. The number of ether oxygens (including phenoxy) is 3. The van der Waals surface area contributed by atoms with Crippen molar-refractivity contribution in [2.75, 3.05) is 12.4 Å². The Bertz CT molecular complexity index is 872. The van der Waals surface area contributed by atoms with Gasteiger partial charge in [0, 0.05) is 5.56 Å². The van der Waals surface area contributed by atoms with Crippen LogP contribution in [0.3, 0.4) is 0 Å². The zero-order valence-electron chi connectivity index (χ0n) is 17.8. The predicted octanol–water partition coefficient (Wildman–Crippen LogP) is 4.90. The fraction of sp³-hybridized carbons (Fsp3) is 0.417. The Kier molecular flexibility index (Phi) is 7.33. The molecular formula is C24H29NO5. The molecule has 0 aromatic heterocycles. The lowest BCUT2D eigenvalue weighted by molar-refractivity contribution is -0.158. The zero-order valence-corrected chi connectivity index (χ0v) is 17.8. The minimum Gasteiger partial charge on any atom is -0.495 e. The summed E-state index contributed by atoms with van der Waals surface area (Å²) in [5.41, 5.74) is 2.11. The maximum atomic E-state index is 12.6. The highest BCUT2D eigenvalue weighted by atomic mass is 16.6. The fourth-order valence-corrected chi connectivity index (χ4v) is 3.49. The Morgan fingerprint density at radius 1 is 1.03 bits per heavy atom. The van der Waals surface area contributed by atoms with E-state index in [-0.39, 0.29) is 18.0 Å². The molecule has 2 aromatic rings. The van der Waals surface area contributed by atoms with Crippen LogP contribution < -0.4 is 14.8 Å². The highest BCUT2D eigenvalue weighted by Gasteiger charge is 2.23. The molecule has 1 fully saturated rings. The summed E-state index contributed by atoms with van der Waals surface area (Å²) in [5.74, 6) is 0.498. The molecule has 0 spiro atoms. The molecule has 1 atom stereocenters. The van der Waals surface area contributed by atoms with Gasteiger partial charge in [-0.2, -0.15) is 0 Å². The van der Waals surface area contributed by atoms with Crippen molar-refractivity contribution in [3.63, 3.8) is 0 Å². The topological polar surface area (TPSA) is 73.9 Å². The molecule has 0 aliphatic heterocycles. The van der Waals surface area contributed by atoms with Crippen LogP contribution >= 0.6 is 0 Å². The largest absolute Gasteiger partial charge is 0.495 e. The molecule has 1 unspecified atom stereocenters. The highest BCUT2D eigenvalue weighted by molar-refractivity contribution is 6.05. The van der Waals surface area contributed by atoms with Crippen LogP contribution in [-0.4, -0.2) is 31.2 Å². The molecule has 30 heavy (non-hydrogen) atoms. The second-order valence-corrected chi connectivity index (χ2v) is 7.64. The number of carbonyl (C=O) groups is 2. The van der Waals surface area contributed by atoms with Crippen molar-refractivity contribution < 1.29 is 23.8 Å². The fourth-order valence-electron chi connectivity index (χ4n) is 3.49. The van der Waals surface area contributed by atoms with Crippen molar-refractivity contribution >= 4 is 17.6 Å². The van der Waals surface area contributed by atoms with Crippen molar-refractivity contribution in [1.82, 2.24) is 0 Å². The molecular weight excluding hydrogens is 382 g/mol. The van der Waals surface area contributed by atoms with Gasteiger partial charge < -0.3 is 19.5 Å². The quantitative estimate of drug-likeness (QED) is 0.656. The summed E-state index contributed by atoms with van der Waals surface area (Å²) < 4.78 is 16.5. The SMILES string of the molecule is COc1ccc(C)cc1NC(=O)c1ccc(OC(C)C(=O)OC2CCCCC2)cc1. The highest BCUT2D eigenvalue weighted by Crippen LogP contribution is 2.26. The normalized spacial score (nSPS) is 15.2. The lowest BCUT2D eigenvalue weighted by Crippen LogP contribution is -2.31. The van der Waals surface area contributed by atoms with Gasteiger partial charge in [0.05, 0.1) is 12.8 Å². The third-order valence-electron chi connectivity index (χ3n) is 5.20. The van der Waals surface area contributed by atoms with Gasteiger partial charge in [-0.3, -0.25) is 4.79 Å². The number of esters is 1. The van der Waals surface area contributed by atoms with E-state index in [4.69, 9.17) is 14.2 Å². The maximum Gasteiger partial charge on any atom is 0.347 e. The number of aryl methyl sites for hydroxylation is 1. The van der Waals surface area contributed by atoms with Gasteiger partial charge in [-0.25, -0.2) is 4.79 Å². The van der Waals surface area contributed by atoms with Crippen LogP contribution in [-0.2, 0) is 9.53 Å². The van der Waals surface area contributed by atoms with Crippen LogP contribution in [0.5, 0.6) is 11.5 Å². The molecule has 6 nitrogen and oxygen atoms in total. The lowest BCUT2D eigenvalue weighted by Gasteiger charge is -2.23. The number of amides is 1. The van der Waals surface area contributed by atoms with Crippen LogP contribution in [0.25, 0.3) is 0 Å². The molecule has 6 heteroatoms. The van der Waals surface area contributed by atoms with E-state index in [1.165, 1.54) is 6.42 Å². The van der Waals surface area contributed by atoms with E-state index in [9.17, 15) is 9.59 Å². The maximum absolute atomic E-state index is 12.6. The lowest BCUT2D eigenvalue weighted by atomic mass is 9.98. The van der Waals surface area contributed by atoms with Crippen LogP contribution in [0.2, 0.25) is 0 Å². The van der Waals surface area contributed by atoms with E-state index in [2.05, 4.69) is 5.32 Å². The Morgan fingerprint density at radius 3 is 2.40 bits per heavy atom. The monoisotopic (exact) mass is 411 g/mol. The third-order valence-corrected chi connectivity index (χ3v) is 5.20. The van der Waals surface area contributed by atoms with Crippen LogP contribution in [0.15, 0.2) is 42.5 Å². The molecule has 1 saturated carbocycles. The molecule has 0 saturated heterocycles. The van der Waals surface area contributed by atoms with Gasteiger partial charge in [0.15, 0.2) is 6.10 Å². The average Bonchev–Trinajstić information content (AvgIpc) is 2.75. The van der Waals surface area contributed by atoms with Crippen molar-refractivity contribution in [2.45, 2.75) is 58.2 Å². The Hall–Kier alpha value is -3.02. The predicted molar refractivity (Wildman–Crippen MR) is 115 cm³/mol. The molecule has 160 valence electrons. The second kappa shape index (κ2) is 10.1. The summed E-state index contributed by atoms with van der Waals surface area (Å²) in [5, 5.41) is 2.86. The summed E-state index contributed by atoms with van der Waals surface area (Å²) >= 11 is 0. The van der Waals surface area contributed by atoms with Crippen molar-refractivity contribution in [1.29, 1.82) is 0 Å². The number of hydrogen-bond acceptors (Lipinski definition) is 5. The number of benzene rings is 2. The number of hydrogen-bond donors (Lipinski definition) is 1. The van der Waals surface area contributed by atoms with Crippen molar-refractivity contribution in [2.24, 2.45) is 0 Å². The van der Waals surface area contributed by atoms with Gasteiger partial charge in [-0.05, 0) is 81.5 Å². The Labute approximate surface area is 177 Å². The van der Waals surface area contributed by atoms with Crippen molar-refractivity contribution in [3.8, 4) is 11.5 Å². The average molecular weight is 411 g/mol. The molecule has 3 rings (SSSR count). The van der Waals surface area contributed by atoms with Crippen molar-refractivity contribution in [3.05, 3.63) is 53.6 Å². The molecule has 0 radical (unpaired) electrons. The summed E-state index contributed by atoms with van der Waals surface area (Å²) in [6.45, 7) is 3.62. The smallest absolute Gasteiger partial charge is 0.347 e. The molecule has 0 bridgehead atoms. The first-order valence-corrected chi connectivity index (χ1v) is 10.4. The molecule has 1 aliphatic rings. The number of nitrogens with one attached hydrogen (secondary N) is 1. The van der Waals surface area contributed by atoms with Gasteiger partial charge in [0.1, 0.15) is 17.6 Å². The first-order valence-electron chi connectivity index (χ1n) is 10.4. The van der Waals surface area contributed by atoms with Gasteiger partial charge >= 0.3 is 5.97 Å². The van der Waals surface area contributed by atoms with E-state index in [0.717, 1.165) is 31.2 Å². The summed E-state index contributed by atoms with van der Waals surface area (Å²) in [4.78, 5) is 24.8. The minimum absolute atomic E-state index is 0.00184. The Morgan fingerprint density at radius 2 is 1.73 bits per heavy atom. The van der Waals surface area contributed by atoms with Gasteiger partial charge in [-0.1, -0.05) is 12.5 Å². The van der Waals surface area contributed by atoms with Gasteiger partial charge in [0.2, 0.25) is 0 Å². The number of carbonyl (C=O) groups excluding carboxylic acids is 2. The second-order valence-electron chi connectivity index (χ2n) is 7.64. The zero-order chi connectivity index (χ0) is 21.5. The van der Waals surface area contributed by atoms with E-state index >= 15 is 0 Å². The van der Waals surface area contributed by atoms with E-state index in [1.807, 2.05) is 25.1 Å². The minimum atomic E-state index is -0.705. The first-order chi connectivity index (χ1) is 14.5. The summed E-state index contributed by atoms with van der Waals surface area (Å²) in [6, 6.07) is 12.3. The van der Waals surface area contributed by atoms with E-state index in [1.54, 1.807) is 38.3 Å². The molecule has 2 aromatic carbocycles.